The summed E-state index contributed by atoms with van der Waals surface area (Å²) in [6.45, 7) is 0. The monoisotopic (exact) mass is 338 g/mol. The number of hydrogen-bond acceptors (Lipinski definition) is 3. The summed E-state index contributed by atoms with van der Waals surface area (Å²) in [6.07, 6.45) is 3.71. The normalized spacial score (nSPS) is 13.6. The molecular weight excluding hydrogens is 323 g/mol. The highest BCUT2D eigenvalue weighted by Crippen LogP contribution is 2.39. The van der Waals surface area contributed by atoms with E-state index in [9.17, 15) is 14.0 Å². The van der Waals surface area contributed by atoms with E-state index in [2.05, 4.69) is 20.5 Å². The van der Waals surface area contributed by atoms with Gasteiger partial charge in [0.1, 0.15) is 11.5 Å². The smallest absolute Gasteiger partial charge is 0.273 e. The molecule has 0 radical (unpaired) electrons. The predicted molar refractivity (Wildman–Crippen MR) is 89.1 cm³/mol. The molecule has 7 heteroatoms. The molecular formula is C18H15FN4O2. The highest BCUT2D eigenvalue weighted by Gasteiger charge is 2.26. The van der Waals surface area contributed by atoms with E-state index in [0.717, 1.165) is 24.6 Å². The highest BCUT2D eigenvalue weighted by molar-refractivity contribution is 6.11. The maximum atomic E-state index is 13.2. The number of carbonyl (C=O) groups is 2. The van der Waals surface area contributed by atoms with Gasteiger partial charge < -0.3 is 10.3 Å². The predicted octanol–water partition coefficient (Wildman–Crippen LogP) is 3.24. The van der Waals surface area contributed by atoms with Crippen molar-refractivity contribution in [2.75, 3.05) is 5.32 Å². The van der Waals surface area contributed by atoms with Crippen molar-refractivity contribution in [3.8, 4) is 0 Å². The number of ketones is 1. The fraction of sp³-hybridized carbons (Fsp3) is 0.167. The Hall–Kier alpha value is -3.22. The Morgan fingerprint density at radius 3 is 2.76 bits per heavy atom. The van der Waals surface area contributed by atoms with Crippen molar-refractivity contribution in [3.05, 3.63) is 70.9 Å². The van der Waals surface area contributed by atoms with E-state index in [1.165, 1.54) is 30.5 Å². The minimum Gasteiger partial charge on any atom is -0.356 e. The number of hydrogen-bond donors (Lipinski definition) is 3. The van der Waals surface area contributed by atoms with E-state index in [1.54, 1.807) is 0 Å². The van der Waals surface area contributed by atoms with Gasteiger partial charge in [0.25, 0.3) is 5.91 Å². The average molecular weight is 338 g/mol. The fourth-order valence-electron chi connectivity index (χ4n) is 2.64. The molecule has 1 amide bonds. The fourth-order valence-corrected chi connectivity index (χ4v) is 2.64. The van der Waals surface area contributed by atoms with E-state index in [0.29, 0.717) is 11.7 Å². The van der Waals surface area contributed by atoms with Gasteiger partial charge in [-0.3, -0.25) is 14.7 Å². The zero-order chi connectivity index (χ0) is 17.4. The molecule has 1 fully saturated rings. The van der Waals surface area contributed by atoms with Gasteiger partial charge in [0, 0.05) is 35.0 Å². The quantitative estimate of drug-likeness (QED) is 0.624. The van der Waals surface area contributed by atoms with Crippen LogP contribution in [-0.4, -0.2) is 26.9 Å². The van der Waals surface area contributed by atoms with Crippen LogP contribution >= 0.6 is 0 Å². The molecule has 0 saturated heterocycles. The molecule has 3 N–H and O–H groups in total. The molecule has 0 bridgehead atoms. The van der Waals surface area contributed by atoms with Gasteiger partial charge >= 0.3 is 0 Å². The Morgan fingerprint density at radius 1 is 1.16 bits per heavy atom. The summed E-state index contributed by atoms with van der Waals surface area (Å²) in [5, 5.41) is 9.65. The van der Waals surface area contributed by atoms with E-state index in [4.69, 9.17) is 0 Å². The zero-order valence-electron chi connectivity index (χ0n) is 13.2. The van der Waals surface area contributed by atoms with Crippen LogP contribution in [0.5, 0.6) is 0 Å². The van der Waals surface area contributed by atoms with Crippen LogP contribution in [0.15, 0.2) is 42.6 Å². The molecule has 126 valence electrons. The largest absolute Gasteiger partial charge is 0.356 e. The highest BCUT2D eigenvalue weighted by atomic mass is 19.1. The van der Waals surface area contributed by atoms with Gasteiger partial charge in [-0.1, -0.05) is 12.1 Å². The lowest BCUT2D eigenvalue weighted by atomic mass is 10.1. The first-order valence-electron chi connectivity index (χ1n) is 7.95. The number of benzene rings is 1. The Bertz CT molecular complexity index is 955. The number of nitrogens with zero attached hydrogens (tertiary/aromatic N) is 1. The summed E-state index contributed by atoms with van der Waals surface area (Å²) < 4.78 is 13.2. The van der Waals surface area contributed by atoms with Crippen LogP contribution in [0.4, 0.5) is 10.2 Å². The van der Waals surface area contributed by atoms with E-state index < -0.39 is 11.7 Å². The Kier molecular flexibility index (Phi) is 3.68. The van der Waals surface area contributed by atoms with Crippen LogP contribution in [0.1, 0.15) is 50.9 Å². The second-order valence-electron chi connectivity index (χ2n) is 6.08. The van der Waals surface area contributed by atoms with Crippen LogP contribution in [0, 0.1) is 5.82 Å². The first-order chi connectivity index (χ1) is 12.1. The number of amides is 1. The summed E-state index contributed by atoms with van der Waals surface area (Å²) in [6, 6.07) is 8.69. The molecule has 0 aliphatic heterocycles. The number of nitrogens with one attached hydrogen (secondary N) is 3. The number of anilines is 1. The Balaban J connectivity index is 1.47. The third-order valence-corrected chi connectivity index (χ3v) is 4.13. The third-order valence-electron chi connectivity index (χ3n) is 4.13. The van der Waals surface area contributed by atoms with Gasteiger partial charge in [-0.05, 0) is 31.0 Å². The molecule has 0 unspecified atom stereocenters. The van der Waals surface area contributed by atoms with Crippen molar-refractivity contribution in [2.24, 2.45) is 0 Å². The van der Waals surface area contributed by atoms with Crippen molar-refractivity contribution >= 4 is 17.5 Å². The van der Waals surface area contributed by atoms with Gasteiger partial charge in [-0.25, -0.2) is 4.39 Å². The number of H-pyrrole nitrogens is 2. The van der Waals surface area contributed by atoms with E-state index in [-0.39, 0.29) is 22.6 Å². The van der Waals surface area contributed by atoms with Crippen LogP contribution in [-0.2, 0) is 0 Å². The topological polar surface area (TPSA) is 90.6 Å². The van der Waals surface area contributed by atoms with Crippen molar-refractivity contribution in [2.45, 2.75) is 18.8 Å². The molecule has 3 aromatic rings. The number of carbonyl (C=O) groups excluding carboxylic acids is 2. The summed E-state index contributed by atoms with van der Waals surface area (Å²) >= 11 is 0. The van der Waals surface area contributed by atoms with E-state index >= 15 is 0 Å². The molecule has 0 spiro atoms. The summed E-state index contributed by atoms with van der Waals surface area (Å²) in [5.74, 6) is -0.277. The maximum absolute atomic E-state index is 13.2. The van der Waals surface area contributed by atoms with Gasteiger partial charge in [0.15, 0.2) is 11.6 Å². The molecule has 1 saturated carbocycles. The molecule has 6 nitrogen and oxygen atoms in total. The van der Waals surface area contributed by atoms with Gasteiger partial charge in [-0.2, -0.15) is 5.10 Å². The lowest BCUT2D eigenvalue weighted by molar-refractivity contribution is 0.102. The average Bonchev–Trinajstić information content (AvgIpc) is 3.15. The number of aromatic nitrogens is 3. The molecule has 4 rings (SSSR count). The maximum Gasteiger partial charge on any atom is 0.273 e. The minimum absolute atomic E-state index is 0.229. The van der Waals surface area contributed by atoms with Crippen molar-refractivity contribution < 1.29 is 14.0 Å². The van der Waals surface area contributed by atoms with Crippen molar-refractivity contribution in [1.29, 1.82) is 0 Å². The lowest BCUT2D eigenvalue weighted by Gasteiger charge is -1.99. The molecule has 0 atom stereocenters. The molecule has 25 heavy (non-hydrogen) atoms. The third kappa shape index (κ3) is 3.21. The van der Waals surface area contributed by atoms with E-state index in [1.807, 2.05) is 6.07 Å². The summed E-state index contributed by atoms with van der Waals surface area (Å²) in [7, 11) is 0. The standard InChI is InChI=1S/C18H15FN4O2/c19-13-3-1-2-11(6-13)17(24)12-7-15(20-9-12)18(25)21-16-8-14(22-23-16)10-4-5-10/h1-3,6-10,20H,4-5H2,(H2,21,22,23,25). The molecule has 2 heterocycles. The van der Waals surface area contributed by atoms with Crippen LogP contribution in [0.25, 0.3) is 0 Å². The van der Waals surface area contributed by atoms with Gasteiger partial charge in [0.2, 0.25) is 0 Å². The van der Waals surface area contributed by atoms with Gasteiger partial charge in [-0.15, -0.1) is 0 Å². The second kappa shape index (κ2) is 6.01. The summed E-state index contributed by atoms with van der Waals surface area (Å²) in [5.41, 5.74) is 1.77. The Labute approximate surface area is 142 Å². The number of aromatic amines is 2. The zero-order valence-corrected chi connectivity index (χ0v) is 13.2. The Morgan fingerprint density at radius 2 is 2.00 bits per heavy atom. The molecule has 2 aromatic heterocycles. The molecule has 1 aliphatic rings. The second-order valence-corrected chi connectivity index (χ2v) is 6.08. The van der Waals surface area contributed by atoms with Crippen molar-refractivity contribution in [3.63, 3.8) is 0 Å². The minimum atomic E-state index is -0.482. The lowest BCUT2D eigenvalue weighted by Crippen LogP contribution is -2.12. The van der Waals surface area contributed by atoms with Crippen molar-refractivity contribution in [1.82, 2.24) is 15.2 Å². The SMILES string of the molecule is O=C(c1cccc(F)c1)c1c[nH]c(C(=O)Nc2cc(C3CC3)[nH]n2)c1. The van der Waals surface area contributed by atoms with Gasteiger partial charge in [0.05, 0.1) is 0 Å². The first kappa shape index (κ1) is 15.3. The first-order valence-corrected chi connectivity index (χ1v) is 7.95. The van der Waals surface area contributed by atoms with Crippen LogP contribution in [0.3, 0.4) is 0 Å². The summed E-state index contributed by atoms with van der Waals surface area (Å²) in [4.78, 5) is 27.4. The number of halogens is 1. The molecule has 1 aromatic carbocycles. The number of rotatable bonds is 5. The van der Waals surface area contributed by atoms with Crippen LogP contribution < -0.4 is 5.32 Å². The van der Waals surface area contributed by atoms with Crippen LogP contribution in [0.2, 0.25) is 0 Å². The molecule has 1 aliphatic carbocycles.